The number of aromatic hydroxyl groups is 1. The van der Waals surface area contributed by atoms with Crippen molar-refractivity contribution < 1.29 is 23.4 Å². The predicted octanol–water partition coefficient (Wildman–Crippen LogP) is 3.59. The van der Waals surface area contributed by atoms with Crippen LogP contribution in [0.25, 0.3) is 10.9 Å². The fourth-order valence-corrected chi connectivity index (χ4v) is 3.08. The molecule has 2 aromatic heterocycles. The molecule has 0 aliphatic carbocycles. The largest absolute Gasteiger partial charge is 0.507 e. The lowest BCUT2D eigenvalue weighted by atomic mass is 10.2. The van der Waals surface area contributed by atoms with E-state index in [1.165, 1.54) is 41.6 Å². The maximum Gasteiger partial charge on any atom is 0.246 e. The fourth-order valence-electron chi connectivity index (χ4n) is 3.08. The Balaban J connectivity index is 1.49. The maximum absolute atomic E-state index is 13.7. The number of carbonyl (C=O) groups excluding carboxylic acids is 1. The number of hydrogen-bond acceptors (Lipinski definition) is 7. The van der Waals surface area contributed by atoms with E-state index in [-0.39, 0.29) is 18.0 Å². The molecular weight excluding hydrogens is 422 g/mol. The molecule has 0 radical (unpaired) electrons. The molecule has 0 aliphatic heterocycles. The summed E-state index contributed by atoms with van der Waals surface area (Å²) in [5, 5.41) is 20.2. The molecule has 1 amide bonds. The summed E-state index contributed by atoms with van der Waals surface area (Å²) in [6.07, 6.45) is 4.32. The summed E-state index contributed by atoms with van der Waals surface area (Å²) in [4.78, 5) is 20.5. The van der Waals surface area contributed by atoms with Gasteiger partial charge in [-0.1, -0.05) is 6.07 Å². The van der Waals surface area contributed by atoms with Crippen LogP contribution in [0.1, 0.15) is 6.92 Å². The maximum atomic E-state index is 13.7. The molecule has 0 atom stereocenters. The molecule has 4 rings (SSSR count). The molecule has 0 spiro atoms. The van der Waals surface area contributed by atoms with E-state index in [1.807, 2.05) is 6.92 Å². The molecule has 0 fully saturated rings. The first-order valence-corrected chi connectivity index (χ1v) is 9.58. The highest BCUT2D eigenvalue weighted by Crippen LogP contribution is 2.34. The van der Waals surface area contributed by atoms with Crippen LogP contribution >= 0.6 is 0 Å². The third-order valence-corrected chi connectivity index (χ3v) is 4.43. The molecule has 164 valence electrons. The van der Waals surface area contributed by atoms with E-state index >= 15 is 0 Å². The van der Waals surface area contributed by atoms with Crippen LogP contribution in [0.5, 0.6) is 11.5 Å². The van der Waals surface area contributed by atoms with Crippen molar-refractivity contribution in [1.29, 1.82) is 0 Å². The number of aromatic nitrogens is 4. The lowest BCUT2D eigenvalue weighted by molar-refractivity contribution is -0.116. The lowest BCUT2D eigenvalue weighted by Crippen LogP contribution is -2.19. The van der Waals surface area contributed by atoms with Gasteiger partial charge in [-0.2, -0.15) is 5.10 Å². The normalized spacial score (nSPS) is 10.8. The Morgan fingerprint density at radius 2 is 2.09 bits per heavy atom. The number of nitrogens with zero attached hydrogens (tertiary/aromatic N) is 4. The van der Waals surface area contributed by atoms with Crippen LogP contribution in [-0.2, 0) is 11.3 Å². The van der Waals surface area contributed by atoms with Crippen molar-refractivity contribution in [2.45, 2.75) is 13.5 Å². The SMILES string of the molecule is CCOc1cc(O)c2c(Nc3cnn(CC(=O)Nc4cccc(F)c4F)c3)ncnc2c1. The summed E-state index contributed by atoms with van der Waals surface area (Å²) >= 11 is 0. The van der Waals surface area contributed by atoms with Gasteiger partial charge in [0, 0.05) is 18.3 Å². The van der Waals surface area contributed by atoms with Gasteiger partial charge in [-0.15, -0.1) is 0 Å². The summed E-state index contributed by atoms with van der Waals surface area (Å²) < 4.78 is 33.7. The molecule has 0 saturated carbocycles. The Morgan fingerprint density at radius 1 is 1.25 bits per heavy atom. The zero-order chi connectivity index (χ0) is 22.7. The van der Waals surface area contributed by atoms with Crippen LogP contribution in [0.4, 0.5) is 26.0 Å². The van der Waals surface area contributed by atoms with E-state index in [0.717, 1.165) is 6.07 Å². The Morgan fingerprint density at radius 3 is 2.91 bits per heavy atom. The van der Waals surface area contributed by atoms with Gasteiger partial charge >= 0.3 is 0 Å². The molecule has 3 N–H and O–H groups in total. The van der Waals surface area contributed by atoms with Gasteiger partial charge in [-0.05, 0) is 19.1 Å². The summed E-state index contributed by atoms with van der Waals surface area (Å²) in [7, 11) is 0. The molecule has 11 heteroatoms. The van der Waals surface area contributed by atoms with E-state index in [2.05, 4.69) is 25.7 Å². The van der Waals surface area contributed by atoms with Gasteiger partial charge in [-0.3, -0.25) is 9.48 Å². The smallest absolute Gasteiger partial charge is 0.246 e. The van der Waals surface area contributed by atoms with Crippen molar-refractivity contribution in [3.05, 3.63) is 60.7 Å². The second-order valence-corrected chi connectivity index (χ2v) is 6.69. The van der Waals surface area contributed by atoms with E-state index in [1.54, 1.807) is 6.07 Å². The molecule has 0 saturated heterocycles. The summed E-state index contributed by atoms with van der Waals surface area (Å²) in [6.45, 7) is 2.05. The molecular formula is C21H18F2N6O3. The molecule has 0 aliphatic rings. The second kappa shape index (κ2) is 8.84. The van der Waals surface area contributed by atoms with Crippen molar-refractivity contribution in [2.75, 3.05) is 17.2 Å². The Bertz CT molecular complexity index is 1290. The van der Waals surface area contributed by atoms with Crippen molar-refractivity contribution in [3.63, 3.8) is 0 Å². The van der Waals surface area contributed by atoms with Crippen molar-refractivity contribution in [2.24, 2.45) is 0 Å². The molecule has 2 heterocycles. The highest BCUT2D eigenvalue weighted by atomic mass is 19.2. The third-order valence-electron chi connectivity index (χ3n) is 4.43. The van der Waals surface area contributed by atoms with Crippen LogP contribution in [0.15, 0.2) is 49.1 Å². The van der Waals surface area contributed by atoms with Crippen LogP contribution in [-0.4, -0.2) is 37.4 Å². The summed E-state index contributed by atoms with van der Waals surface area (Å²) in [5.41, 5.74) is 0.715. The van der Waals surface area contributed by atoms with Gasteiger partial charge in [0.05, 0.1) is 35.1 Å². The fraction of sp³-hybridized carbons (Fsp3) is 0.143. The molecule has 9 nitrogen and oxygen atoms in total. The van der Waals surface area contributed by atoms with Crippen LogP contribution in [0.3, 0.4) is 0 Å². The molecule has 0 bridgehead atoms. The third kappa shape index (κ3) is 4.41. The standard InChI is InChI=1S/C21H18F2N6O3/c1-2-32-13-6-16-19(17(30)7-13)21(25-11-24-16)27-12-8-26-29(9-12)10-18(31)28-15-5-3-4-14(22)20(15)23/h3-9,11,30H,2,10H2,1H3,(H,28,31)(H,24,25,27). The highest BCUT2D eigenvalue weighted by molar-refractivity contribution is 5.96. The zero-order valence-electron chi connectivity index (χ0n) is 16.8. The van der Waals surface area contributed by atoms with E-state index < -0.39 is 17.5 Å². The molecule has 2 aromatic carbocycles. The number of halogens is 2. The first-order valence-electron chi connectivity index (χ1n) is 9.58. The van der Waals surface area contributed by atoms with Gasteiger partial charge < -0.3 is 20.5 Å². The first-order chi connectivity index (χ1) is 15.4. The number of ether oxygens (including phenoxy) is 1. The number of benzene rings is 2. The quantitative estimate of drug-likeness (QED) is 0.402. The van der Waals surface area contributed by atoms with Gasteiger partial charge in [0.1, 0.15) is 30.2 Å². The predicted molar refractivity (Wildman–Crippen MR) is 113 cm³/mol. The molecule has 32 heavy (non-hydrogen) atoms. The minimum absolute atomic E-state index is 0.0575. The second-order valence-electron chi connectivity index (χ2n) is 6.69. The summed E-state index contributed by atoms with van der Waals surface area (Å²) in [5.74, 6) is -2.01. The van der Waals surface area contributed by atoms with Crippen molar-refractivity contribution >= 4 is 34.0 Å². The van der Waals surface area contributed by atoms with Crippen LogP contribution in [0, 0.1) is 11.6 Å². The van der Waals surface area contributed by atoms with E-state index in [0.29, 0.717) is 34.8 Å². The number of phenols is 1. The van der Waals surface area contributed by atoms with Gasteiger partial charge in [0.2, 0.25) is 5.91 Å². The zero-order valence-corrected chi connectivity index (χ0v) is 16.8. The molecule has 0 unspecified atom stereocenters. The molecule has 4 aromatic rings. The van der Waals surface area contributed by atoms with Gasteiger partial charge in [0.25, 0.3) is 0 Å². The number of phenolic OH excluding ortho intramolecular Hbond substituents is 1. The van der Waals surface area contributed by atoms with Crippen molar-refractivity contribution in [3.8, 4) is 11.5 Å². The number of anilines is 3. The number of hydrogen-bond donors (Lipinski definition) is 3. The Hall–Kier alpha value is -4.28. The Labute approximate surface area is 180 Å². The lowest BCUT2D eigenvalue weighted by Gasteiger charge is -2.10. The van der Waals surface area contributed by atoms with E-state index in [4.69, 9.17) is 4.74 Å². The Kier molecular flexibility index (Phi) is 5.79. The number of nitrogens with one attached hydrogen (secondary N) is 2. The topological polar surface area (TPSA) is 114 Å². The van der Waals surface area contributed by atoms with Crippen LogP contribution in [0.2, 0.25) is 0 Å². The number of carbonyl (C=O) groups is 1. The minimum atomic E-state index is -1.13. The van der Waals surface area contributed by atoms with E-state index in [9.17, 15) is 18.7 Å². The summed E-state index contributed by atoms with van der Waals surface area (Å²) in [6, 6.07) is 6.67. The van der Waals surface area contributed by atoms with Crippen LogP contribution < -0.4 is 15.4 Å². The highest BCUT2D eigenvalue weighted by Gasteiger charge is 2.14. The van der Waals surface area contributed by atoms with Gasteiger partial charge in [0.15, 0.2) is 11.6 Å². The van der Waals surface area contributed by atoms with Crippen molar-refractivity contribution in [1.82, 2.24) is 19.7 Å². The van der Waals surface area contributed by atoms with Gasteiger partial charge in [-0.25, -0.2) is 18.7 Å². The first kappa shape index (κ1) is 21.0. The average molecular weight is 440 g/mol. The number of amides is 1. The monoisotopic (exact) mass is 440 g/mol. The number of rotatable bonds is 7. The average Bonchev–Trinajstić information content (AvgIpc) is 3.18. The number of fused-ring (bicyclic) bond motifs is 1. The minimum Gasteiger partial charge on any atom is -0.507 e.